The van der Waals surface area contributed by atoms with Gasteiger partial charge in [-0.15, -0.1) is 0 Å². The second-order valence-electron chi connectivity index (χ2n) is 7.00. The first-order chi connectivity index (χ1) is 13.6. The van der Waals surface area contributed by atoms with Gasteiger partial charge >= 0.3 is 0 Å². The molecule has 0 saturated carbocycles. The molecule has 1 aromatic carbocycles. The molecule has 0 bridgehead atoms. The Morgan fingerprint density at radius 1 is 1.25 bits per heavy atom. The van der Waals surface area contributed by atoms with E-state index in [1.807, 2.05) is 24.3 Å². The maximum Gasteiger partial charge on any atom is 0.231 e. The molecule has 0 aliphatic carbocycles. The van der Waals surface area contributed by atoms with Crippen molar-refractivity contribution in [1.82, 2.24) is 20.5 Å². The van der Waals surface area contributed by atoms with E-state index in [2.05, 4.69) is 43.7 Å². The number of piperidine rings is 1. The standard InChI is InChI=1S/C21H28N6O/c1-23-21(26-18-8-11-27(12-9-18)15-20(22)28)25-14-16-5-4-6-17(13-16)19-7-2-3-10-24-19/h2-7,10,13,18H,8-9,11-12,14-15H2,1H3,(H2,22,28)(H2,23,25,26). The van der Waals surface area contributed by atoms with Gasteiger partial charge < -0.3 is 16.4 Å². The van der Waals surface area contributed by atoms with Gasteiger partial charge in [0.2, 0.25) is 5.91 Å². The third-order valence-corrected chi connectivity index (χ3v) is 4.88. The summed E-state index contributed by atoms with van der Waals surface area (Å²) in [7, 11) is 1.78. The Bertz CT molecular complexity index is 800. The number of nitrogens with one attached hydrogen (secondary N) is 2. The van der Waals surface area contributed by atoms with Crippen molar-refractivity contribution >= 4 is 11.9 Å². The number of carbonyl (C=O) groups is 1. The lowest BCUT2D eigenvalue weighted by molar-refractivity contribution is -0.119. The number of guanidine groups is 1. The summed E-state index contributed by atoms with van der Waals surface area (Å²) in [5.74, 6) is 0.522. The molecule has 1 saturated heterocycles. The van der Waals surface area contributed by atoms with Gasteiger partial charge in [0.25, 0.3) is 0 Å². The molecule has 0 atom stereocenters. The number of likely N-dealkylation sites (tertiary alicyclic amines) is 1. The van der Waals surface area contributed by atoms with E-state index in [1.54, 1.807) is 13.2 Å². The van der Waals surface area contributed by atoms with Crippen LogP contribution in [0.5, 0.6) is 0 Å². The highest BCUT2D eigenvalue weighted by molar-refractivity contribution is 5.80. The van der Waals surface area contributed by atoms with Crippen LogP contribution in [0, 0.1) is 0 Å². The lowest BCUT2D eigenvalue weighted by Gasteiger charge is -2.32. The van der Waals surface area contributed by atoms with Gasteiger partial charge in [0.05, 0.1) is 12.2 Å². The smallest absolute Gasteiger partial charge is 0.231 e. The van der Waals surface area contributed by atoms with Crippen molar-refractivity contribution in [2.24, 2.45) is 10.7 Å². The number of carbonyl (C=O) groups excluding carboxylic acids is 1. The molecule has 1 aliphatic heterocycles. The van der Waals surface area contributed by atoms with Crippen molar-refractivity contribution < 1.29 is 4.79 Å². The molecule has 7 nitrogen and oxygen atoms in total. The first kappa shape index (κ1) is 19.8. The Labute approximate surface area is 166 Å². The molecule has 7 heteroatoms. The first-order valence-corrected chi connectivity index (χ1v) is 9.62. The lowest BCUT2D eigenvalue weighted by atomic mass is 10.1. The average molecular weight is 380 g/mol. The normalized spacial score (nSPS) is 16.0. The number of amides is 1. The van der Waals surface area contributed by atoms with Gasteiger partial charge in [-0.25, -0.2) is 0 Å². The van der Waals surface area contributed by atoms with Crippen LogP contribution < -0.4 is 16.4 Å². The van der Waals surface area contributed by atoms with E-state index in [4.69, 9.17) is 5.73 Å². The number of hydrogen-bond acceptors (Lipinski definition) is 4. The minimum Gasteiger partial charge on any atom is -0.369 e. The van der Waals surface area contributed by atoms with Crippen LogP contribution in [0.2, 0.25) is 0 Å². The number of aliphatic imine (C=N–C) groups is 1. The highest BCUT2D eigenvalue weighted by Crippen LogP contribution is 2.17. The Morgan fingerprint density at radius 2 is 2.07 bits per heavy atom. The van der Waals surface area contributed by atoms with E-state index in [1.165, 1.54) is 5.56 Å². The number of primary amides is 1. The third kappa shape index (κ3) is 5.79. The molecule has 1 amide bonds. The molecule has 0 unspecified atom stereocenters. The fraction of sp³-hybridized carbons (Fsp3) is 0.381. The van der Waals surface area contributed by atoms with Gasteiger partial charge in [0.15, 0.2) is 5.96 Å². The van der Waals surface area contributed by atoms with Gasteiger partial charge in [0.1, 0.15) is 0 Å². The zero-order valence-electron chi connectivity index (χ0n) is 16.3. The van der Waals surface area contributed by atoms with Crippen LogP contribution in [0.25, 0.3) is 11.3 Å². The summed E-state index contributed by atoms with van der Waals surface area (Å²) in [4.78, 5) is 21.9. The zero-order chi connectivity index (χ0) is 19.8. The van der Waals surface area contributed by atoms with Crippen molar-refractivity contribution in [2.75, 3.05) is 26.7 Å². The molecule has 1 aliphatic rings. The highest BCUT2D eigenvalue weighted by Gasteiger charge is 2.20. The van der Waals surface area contributed by atoms with Crippen LogP contribution in [0.4, 0.5) is 0 Å². The van der Waals surface area contributed by atoms with Crippen LogP contribution in [0.3, 0.4) is 0 Å². The molecule has 1 fully saturated rings. The quantitative estimate of drug-likeness (QED) is 0.520. The first-order valence-electron chi connectivity index (χ1n) is 9.62. The van der Waals surface area contributed by atoms with Crippen LogP contribution in [0.1, 0.15) is 18.4 Å². The summed E-state index contributed by atoms with van der Waals surface area (Å²) in [6, 6.07) is 14.6. The lowest BCUT2D eigenvalue weighted by Crippen LogP contribution is -2.49. The Balaban J connectivity index is 1.50. The molecule has 148 valence electrons. The maximum absolute atomic E-state index is 11.0. The number of benzene rings is 1. The number of pyridine rings is 1. The monoisotopic (exact) mass is 380 g/mol. The Kier molecular flexibility index (Phi) is 6.97. The molecule has 4 N–H and O–H groups in total. The predicted octanol–water partition coefficient (Wildman–Crippen LogP) is 1.36. The fourth-order valence-corrected chi connectivity index (χ4v) is 3.40. The topological polar surface area (TPSA) is 95.6 Å². The zero-order valence-corrected chi connectivity index (χ0v) is 16.3. The molecule has 1 aromatic heterocycles. The van der Waals surface area contributed by atoms with E-state index in [-0.39, 0.29) is 5.91 Å². The van der Waals surface area contributed by atoms with E-state index < -0.39 is 0 Å². The Morgan fingerprint density at radius 3 is 2.75 bits per heavy atom. The fourth-order valence-electron chi connectivity index (χ4n) is 3.40. The minimum absolute atomic E-state index is 0.267. The summed E-state index contributed by atoms with van der Waals surface area (Å²) in [6.07, 6.45) is 3.73. The summed E-state index contributed by atoms with van der Waals surface area (Å²) in [5, 5.41) is 6.87. The highest BCUT2D eigenvalue weighted by atomic mass is 16.1. The molecular formula is C21H28N6O. The van der Waals surface area contributed by atoms with Crippen molar-refractivity contribution in [2.45, 2.75) is 25.4 Å². The predicted molar refractivity (Wildman–Crippen MR) is 112 cm³/mol. The number of nitrogens with two attached hydrogens (primary N) is 1. The summed E-state index contributed by atoms with van der Waals surface area (Å²) >= 11 is 0. The van der Waals surface area contributed by atoms with Crippen molar-refractivity contribution in [3.63, 3.8) is 0 Å². The molecule has 0 spiro atoms. The summed E-state index contributed by atoms with van der Waals surface area (Å²) in [6.45, 7) is 2.75. The number of nitrogens with zero attached hydrogens (tertiary/aromatic N) is 3. The maximum atomic E-state index is 11.0. The van der Waals surface area contributed by atoms with Gasteiger partial charge in [-0.3, -0.25) is 19.7 Å². The minimum atomic E-state index is -0.267. The molecule has 28 heavy (non-hydrogen) atoms. The van der Waals surface area contributed by atoms with E-state index in [9.17, 15) is 4.79 Å². The number of hydrogen-bond donors (Lipinski definition) is 3. The van der Waals surface area contributed by atoms with Crippen LogP contribution in [0.15, 0.2) is 53.7 Å². The van der Waals surface area contributed by atoms with E-state index in [0.29, 0.717) is 19.1 Å². The summed E-state index contributed by atoms with van der Waals surface area (Å²) < 4.78 is 0. The largest absolute Gasteiger partial charge is 0.369 e. The Hall–Kier alpha value is -2.93. The third-order valence-electron chi connectivity index (χ3n) is 4.88. The SMILES string of the molecule is CN=C(NCc1cccc(-c2ccccn2)c1)NC1CCN(CC(N)=O)CC1. The van der Waals surface area contributed by atoms with Crippen LogP contribution in [-0.2, 0) is 11.3 Å². The van der Waals surface area contributed by atoms with Gasteiger partial charge in [-0.1, -0.05) is 24.3 Å². The molecule has 3 rings (SSSR count). The summed E-state index contributed by atoms with van der Waals surface area (Å²) in [5.41, 5.74) is 8.51. The second kappa shape index (κ2) is 9.85. The van der Waals surface area contributed by atoms with Crippen LogP contribution in [-0.4, -0.2) is 54.5 Å². The second-order valence-corrected chi connectivity index (χ2v) is 7.00. The van der Waals surface area contributed by atoms with Crippen LogP contribution >= 0.6 is 0 Å². The van der Waals surface area contributed by atoms with E-state index in [0.717, 1.165) is 43.1 Å². The van der Waals surface area contributed by atoms with Gasteiger partial charge in [-0.2, -0.15) is 0 Å². The van der Waals surface area contributed by atoms with Gasteiger partial charge in [-0.05, 0) is 36.6 Å². The van der Waals surface area contributed by atoms with E-state index >= 15 is 0 Å². The molecule has 2 aromatic rings. The average Bonchev–Trinajstić information content (AvgIpc) is 2.73. The molecule has 0 radical (unpaired) electrons. The van der Waals surface area contributed by atoms with Gasteiger partial charge in [0, 0.05) is 44.5 Å². The number of rotatable bonds is 6. The molecular weight excluding hydrogens is 352 g/mol. The van der Waals surface area contributed by atoms with Crippen molar-refractivity contribution in [3.8, 4) is 11.3 Å². The van der Waals surface area contributed by atoms with Crippen molar-refractivity contribution in [3.05, 3.63) is 54.2 Å². The van der Waals surface area contributed by atoms with Crippen molar-refractivity contribution in [1.29, 1.82) is 0 Å². The number of aromatic nitrogens is 1. The molecule has 2 heterocycles.